The maximum absolute atomic E-state index is 11.9. The zero-order valence-electron chi connectivity index (χ0n) is 9.44. The van der Waals surface area contributed by atoms with Gasteiger partial charge in [-0.1, -0.05) is 6.92 Å². The SMILES string of the molecule is CC1CCC(NC(=O)c2ccnc(N)c2)C1. The molecule has 2 rings (SSSR count). The number of carbonyl (C=O) groups excluding carboxylic acids is 1. The second-order valence-electron chi connectivity index (χ2n) is 4.56. The third-order valence-electron chi connectivity index (χ3n) is 3.07. The maximum Gasteiger partial charge on any atom is 0.251 e. The molecule has 1 aromatic rings. The summed E-state index contributed by atoms with van der Waals surface area (Å²) in [6.07, 6.45) is 4.91. The van der Waals surface area contributed by atoms with E-state index in [9.17, 15) is 4.79 Å². The summed E-state index contributed by atoms with van der Waals surface area (Å²) in [5, 5.41) is 3.03. The first-order chi connectivity index (χ1) is 7.65. The molecule has 1 amide bonds. The Hall–Kier alpha value is -1.58. The number of pyridine rings is 1. The predicted octanol–water partition coefficient (Wildman–Crippen LogP) is 1.58. The monoisotopic (exact) mass is 219 g/mol. The molecule has 0 spiro atoms. The lowest BCUT2D eigenvalue weighted by Gasteiger charge is -2.12. The van der Waals surface area contributed by atoms with Crippen LogP contribution in [0.15, 0.2) is 18.3 Å². The van der Waals surface area contributed by atoms with E-state index in [1.165, 1.54) is 6.42 Å². The highest BCUT2D eigenvalue weighted by Gasteiger charge is 2.23. The molecule has 0 aromatic carbocycles. The number of hydrogen-bond donors (Lipinski definition) is 2. The summed E-state index contributed by atoms with van der Waals surface area (Å²) in [4.78, 5) is 15.7. The first-order valence-electron chi connectivity index (χ1n) is 5.67. The van der Waals surface area contributed by atoms with Gasteiger partial charge in [0.05, 0.1) is 0 Å². The van der Waals surface area contributed by atoms with Gasteiger partial charge >= 0.3 is 0 Å². The first kappa shape index (κ1) is 10.9. The summed E-state index contributed by atoms with van der Waals surface area (Å²) in [5.74, 6) is 1.05. The number of nitrogen functional groups attached to an aromatic ring is 1. The highest BCUT2D eigenvalue weighted by atomic mass is 16.1. The molecule has 86 valence electrons. The number of nitrogens with two attached hydrogens (primary N) is 1. The van der Waals surface area contributed by atoms with Gasteiger partial charge < -0.3 is 11.1 Å². The summed E-state index contributed by atoms with van der Waals surface area (Å²) in [5.41, 5.74) is 6.13. The van der Waals surface area contributed by atoms with Gasteiger partial charge in [-0.25, -0.2) is 4.98 Å². The van der Waals surface area contributed by atoms with E-state index >= 15 is 0 Å². The lowest BCUT2D eigenvalue weighted by Crippen LogP contribution is -2.32. The molecule has 1 heterocycles. The van der Waals surface area contributed by atoms with E-state index in [0.717, 1.165) is 12.8 Å². The molecule has 0 saturated heterocycles. The molecule has 4 heteroatoms. The van der Waals surface area contributed by atoms with Gasteiger partial charge in [-0.05, 0) is 37.3 Å². The maximum atomic E-state index is 11.9. The zero-order valence-corrected chi connectivity index (χ0v) is 9.44. The van der Waals surface area contributed by atoms with Crippen LogP contribution < -0.4 is 11.1 Å². The largest absolute Gasteiger partial charge is 0.384 e. The van der Waals surface area contributed by atoms with Crippen LogP contribution in [0.1, 0.15) is 36.5 Å². The lowest BCUT2D eigenvalue weighted by molar-refractivity contribution is 0.0937. The van der Waals surface area contributed by atoms with Gasteiger partial charge in [0, 0.05) is 17.8 Å². The van der Waals surface area contributed by atoms with Crippen molar-refractivity contribution in [3.8, 4) is 0 Å². The fraction of sp³-hybridized carbons (Fsp3) is 0.500. The molecule has 0 radical (unpaired) electrons. The van der Waals surface area contributed by atoms with Crippen molar-refractivity contribution in [3.63, 3.8) is 0 Å². The van der Waals surface area contributed by atoms with Crippen LogP contribution in [-0.2, 0) is 0 Å². The van der Waals surface area contributed by atoms with Gasteiger partial charge in [-0.2, -0.15) is 0 Å². The number of nitrogens with zero attached hydrogens (tertiary/aromatic N) is 1. The molecule has 1 aliphatic carbocycles. The van der Waals surface area contributed by atoms with Crippen LogP contribution in [0.4, 0.5) is 5.82 Å². The van der Waals surface area contributed by atoms with Gasteiger partial charge in [0.1, 0.15) is 5.82 Å². The first-order valence-corrected chi connectivity index (χ1v) is 5.67. The van der Waals surface area contributed by atoms with E-state index in [4.69, 9.17) is 5.73 Å². The van der Waals surface area contributed by atoms with Crippen molar-refractivity contribution in [2.75, 3.05) is 5.73 Å². The third kappa shape index (κ3) is 2.51. The van der Waals surface area contributed by atoms with Crippen molar-refractivity contribution in [1.29, 1.82) is 0 Å². The Morgan fingerprint density at radius 2 is 2.38 bits per heavy atom. The van der Waals surface area contributed by atoms with E-state index < -0.39 is 0 Å². The lowest BCUT2D eigenvalue weighted by atomic mass is 10.1. The summed E-state index contributed by atoms with van der Waals surface area (Å²) in [7, 11) is 0. The van der Waals surface area contributed by atoms with Crippen LogP contribution in [0.3, 0.4) is 0 Å². The molecular weight excluding hydrogens is 202 g/mol. The number of aromatic nitrogens is 1. The fourth-order valence-electron chi connectivity index (χ4n) is 2.20. The Kier molecular flexibility index (Phi) is 3.08. The van der Waals surface area contributed by atoms with Crippen LogP contribution in [0.2, 0.25) is 0 Å². The molecule has 2 unspecified atom stereocenters. The van der Waals surface area contributed by atoms with Crippen molar-refractivity contribution < 1.29 is 4.79 Å². The minimum atomic E-state index is -0.0480. The van der Waals surface area contributed by atoms with E-state index in [-0.39, 0.29) is 5.91 Å². The number of anilines is 1. The van der Waals surface area contributed by atoms with Crippen molar-refractivity contribution in [2.24, 2.45) is 5.92 Å². The van der Waals surface area contributed by atoms with E-state index in [0.29, 0.717) is 23.3 Å². The Morgan fingerprint density at radius 3 is 3.00 bits per heavy atom. The van der Waals surface area contributed by atoms with Gasteiger partial charge in [-0.3, -0.25) is 4.79 Å². The molecule has 4 nitrogen and oxygen atoms in total. The van der Waals surface area contributed by atoms with Gasteiger partial charge in [0.2, 0.25) is 0 Å². The van der Waals surface area contributed by atoms with Gasteiger partial charge in [0.25, 0.3) is 5.91 Å². The number of hydrogen-bond acceptors (Lipinski definition) is 3. The summed E-state index contributed by atoms with van der Waals surface area (Å²) in [6.45, 7) is 2.22. The summed E-state index contributed by atoms with van der Waals surface area (Å²) < 4.78 is 0. The van der Waals surface area contributed by atoms with E-state index in [1.54, 1.807) is 18.3 Å². The molecule has 0 aliphatic heterocycles. The Labute approximate surface area is 95.3 Å². The van der Waals surface area contributed by atoms with Crippen molar-refractivity contribution in [3.05, 3.63) is 23.9 Å². The molecule has 1 aromatic heterocycles. The highest BCUT2D eigenvalue weighted by Crippen LogP contribution is 2.24. The van der Waals surface area contributed by atoms with Gasteiger partial charge in [-0.15, -0.1) is 0 Å². The molecule has 1 aliphatic rings. The Morgan fingerprint density at radius 1 is 1.56 bits per heavy atom. The molecule has 0 bridgehead atoms. The Bertz CT molecular complexity index is 392. The van der Waals surface area contributed by atoms with E-state index in [2.05, 4.69) is 17.2 Å². The summed E-state index contributed by atoms with van der Waals surface area (Å²) in [6, 6.07) is 3.61. The molecule has 3 N–H and O–H groups in total. The van der Waals surface area contributed by atoms with Crippen molar-refractivity contribution in [1.82, 2.24) is 10.3 Å². The minimum absolute atomic E-state index is 0.0480. The average molecular weight is 219 g/mol. The number of carbonyl (C=O) groups is 1. The topological polar surface area (TPSA) is 68.0 Å². The number of rotatable bonds is 2. The standard InChI is InChI=1S/C12H17N3O/c1-8-2-3-10(6-8)15-12(16)9-4-5-14-11(13)7-9/h4-5,7-8,10H,2-3,6H2,1H3,(H2,13,14)(H,15,16). The van der Waals surface area contributed by atoms with Crippen LogP contribution in [-0.4, -0.2) is 16.9 Å². The normalized spacial score (nSPS) is 24.3. The number of amides is 1. The molecular formula is C12H17N3O. The minimum Gasteiger partial charge on any atom is -0.384 e. The predicted molar refractivity (Wildman–Crippen MR) is 62.9 cm³/mol. The van der Waals surface area contributed by atoms with Crippen LogP contribution in [0.5, 0.6) is 0 Å². The van der Waals surface area contributed by atoms with Crippen molar-refractivity contribution >= 4 is 11.7 Å². The highest BCUT2D eigenvalue weighted by molar-refractivity contribution is 5.94. The average Bonchev–Trinajstić information content (AvgIpc) is 2.64. The zero-order chi connectivity index (χ0) is 11.5. The molecule has 1 fully saturated rings. The van der Waals surface area contributed by atoms with Crippen LogP contribution >= 0.6 is 0 Å². The van der Waals surface area contributed by atoms with Crippen molar-refractivity contribution in [2.45, 2.75) is 32.2 Å². The smallest absolute Gasteiger partial charge is 0.251 e. The summed E-state index contributed by atoms with van der Waals surface area (Å²) >= 11 is 0. The molecule has 2 atom stereocenters. The Balaban J connectivity index is 1.98. The van der Waals surface area contributed by atoms with Gasteiger partial charge in [0.15, 0.2) is 0 Å². The second kappa shape index (κ2) is 4.51. The second-order valence-corrected chi connectivity index (χ2v) is 4.56. The van der Waals surface area contributed by atoms with Crippen LogP contribution in [0.25, 0.3) is 0 Å². The molecule has 16 heavy (non-hydrogen) atoms. The third-order valence-corrected chi connectivity index (χ3v) is 3.07. The number of nitrogens with one attached hydrogen (secondary N) is 1. The quantitative estimate of drug-likeness (QED) is 0.793. The van der Waals surface area contributed by atoms with Crippen LogP contribution in [0, 0.1) is 5.92 Å². The molecule has 1 saturated carbocycles. The fourth-order valence-corrected chi connectivity index (χ4v) is 2.20. The van der Waals surface area contributed by atoms with E-state index in [1.807, 2.05) is 0 Å².